The van der Waals surface area contributed by atoms with Gasteiger partial charge in [0, 0.05) is 2.85 Å². The molecule has 0 atom stereocenters. The summed E-state index contributed by atoms with van der Waals surface area (Å²) in [6, 6.07) is 16.1. The van der Waals surface area contributed by atoms with Crippen molar-refractivity contribution in [1.29, 1.82) is 0 Å². The molecule has 102 valence electrons. The van der Waals surface area contributed by atoms with Crippen LogP contribution in [0.2, 0.25) is 0 Å². The number of carbonyl (C=O) groups excluding carboxylic acids is 1. The Morgan fingerprint density at radius 3 is 2.16 bits per heavy atom. The van der Waals surface area contributed by atoms with E-state index in [2.05, 4.69) is 48.7 Å². The van der Waals surface area contributed by atoms with E-state index in [1.54, 1.807) is 0 Å². The number of nitrogens with one attached hydrogen (secondary N) is 2. The fourth-order valence-corrected chi connectivity index (χ4v) is 1.92. The second kappa shape index (κ2) is 6.05. The normalized spacial score (nSPS) is 12.4. The van der Waals surface area contributed by atoms with Crippen molar-refractivity contribution in [2.45, 2.75) is 13.8 Å². The standard InChI is InChI=1S/C8H8N2O.C8H10.2H2/c11-8-5-9-6-3-1-2-4-7(6)10-8;1-7-4-3-5-8(2)6-7;;/h1-4,9H,5H2,(H,10,11);3-6H,1-2H3;2*1H. The Balaban J connectivity index is 0.000000363. The van der Waals surface area contributed by atoms with Gasteiger partial charge in [-0.05, 0) is 26.0 Å². The van der Waals surface area contributed by atoms with Gasteiger partial charge in [0.15, 0.2) is 0 Å². The molecule has 0 aromatic heterocycles. The Kier molecular flexibility index (Phi) is 4.18. The molecule has 1 heterocycles. The molecule has 2 N–H and O–H groups in total. The number of rotatable bonds is 0. The molecule has 0 spiro atoms. The van der Waals surface area contributed by atoms with Crippen molar-refractivity contribution in [3.05, 3.63) is 59.7 Å². The molecule has 0 unspecified atom stereocenters. The second-order valence-electron chi connectivity index (χ2n) is 4.61. The lowest BCUT2D eigenvalue weighted by Crippen LogP contribution is -2.27. The summed E-state index contributed by atoms with van der Waals surface area (Å²) in [6.07, 6.45) is 0. The maximum atomic E-state index is 10.9. The van der Waals surface area contributed by atoms with Crippen molar-refractivity contribution in [3.8, 4) is 0 Å². The topological polar surface area (TPSA) is 41.1 Å². The number of hydrogen-bond acceptors (Lipinski definition) is 2. The zero-order valence-corrected chi connectivity index (χ0v) is 11.2. The second-order valence-corrected chi connectivity index (χ2v) is 4.61. The Bertz CT molecular complexity index is 571. The van der Waals surface area contributed by atoms with Gasteiger partial charge >= 0.3 is 0 Å². The van der Waals surface area contributed by atoms with Gasteiger partial charge in [0.25, 0.3) is 0 Å². The van der Waals surface area contributed by atoms with E-state index in [1.807, 2.05) is 24.3 Å². The van der Waals surface area contributed by atoms with E-state index in [9.17, 15) is 4.79 Å². The van der Waals surface area contributed by atoms with E-state index in [0.717, 1.165) is 11.4 Å². The maximum absolute atomic E-state index is 10.9. The summed E-state index contributed by atoms with van der Waals surface area (Å²) in [7, 11) is 0. The minimum absolute atomic E-state index is 0. The van der Waals surface area contributed by atoms with E-state index in [1.165, 1.54) is 11.1 Å². The van der Waals surface area contributed by atoms with Gasteiger partial charge in [0.05, 0.1) is 17.9 Å². The highest BCUT2D eigenvalue weighted by molar-refractivity contribution is 6.00. The van der Waals surface area contributed by atoms with Gasteiger partial charge in [-0.1, -0.05) is 47.5 Å². The van der Waals surface area contributed by atoms with Gasteiger partial charge in [-0.3, -0.25) is 4.79 Å². The quantitative estimate of drug-likeness (QED) is 0.753. The van der Waals surface area contributed by atoms with Crippen LogP contribution in [0.25, 0.3) is 0 Å². The summed E-state index contributed by atoms with van der Waals surface area (Å²) in [4.78, 5) is 10.9. The molecule has 1 amide bonds. The van der Waals surface area contributed by atoms with Crippen LogP contribution < -0.4 is 10.6 Å². The number of carbonyl (C=O) groups is 1. The number of para-hydroxylation sites is 2. The highest BCUT2D eigenvalue weighted by Crippen LogP contribution is 2.22. The predicted molar refractivity (Wildman–Crippen MR) is 83.7 cm³/mol. The predicted octanol–water partition coefficient (Wildman–Crippen LogP) is 3.85. The fourth-order valence-electron chi connectivity index (χ4n) is 1.92. The molecule has 0 saturated carbocycles. The molecule has 0 saturated heterocycles. The minimum Gasteiger partial charge on any atom is -0.374 e. The molecule has 2 aromatic carbocycles. The molecule has 3 nitrogen and oxygen atoms in total. The van der Waals surface area contributed by atoms with E-state index in [0.29, 0.717) is 6.54 Å². The van der Waals surface area contributed by atoms with E-state index in [-0.39, 0.29) is 8.76 Å². The molecule has 3 rings (SSSR count). The number of anilines is 2. The molecular formula is C16H22N2O. The SMILES string of the molecule is Cc1cccc(C)c1.O=C1CNc2ccccc2N1.[HH].[HH]. The van der Waals surface area contributed by atoms with Crippen LogP contribution in [0.15, 0.2) is 48.5 Å². The van der Waals surface area contributed by atoms with Crippen LogP contribution in [0, 0.1) is 13.8 Å². The van der Waals surface area contributed by atoms with Crippen LogP contribution in [0.3, 0.4) is 0 Å². The van der Waals surface area contributed by atoms with Gasteiger partial charge in [-0.15, -0.1) is 0 Å². The largest absolute Gasteiger partial charge is 0.374 e. The van der Waals surface area contributed by atoms with Crippen molar-refractivity contribution in [2.24, 2.45) is 0 Å². The van der Waals surface area contributed by atoms with Crippen LogP contribution in [0.1, 0.15) is 14.0 Å². The molecule has 3 heteroatoms. The first-order valence-electron chi connectivity index (χ1n) is 6.31. The lowest BCUT2D eigenvalue weighted by atomic mass is 10.2. The van der Waals surface area contributed by atoms with Crippen molar-refractivity contribution in [3.63, 3.8) is 0 Å². The van der Waals surface area contributed by atoms with Crippen LogP contribution >= 0.6 is 0 Å². The molecule has 0 bridgehead atoms. The summed E-state index contributed by atoms with van der Waals surface area (Å²) in [5, 5.41) is 5.76. The van der Waals surface area contributed by atoms with Gasteiger partial charge in [0.1, 0.15) is 0 Å². The van der Waals surface area contributed by atoms with Gasteiger partial charge in [-0.2, -0.15) is 0 Å². The zero-order valence-electron chi connectivity index (χ0n) is 11.2. The molecule has 1 aliphatic rings. The van der Waals surface area contributed by atoms with Crippen LogP contribution in [-0.4, -0.2) is 12.5 Å². The summed E-state index contributed by atoms with van der Waals surface area (Å²) in [6.45, 7) is 4.58. The first-order chi connectivity index (χ1) is 9.15. The fraction of sp³-hybridized carbons (Fsp3) is 0.188. The highest BCUT2D eigenvalue weighted by Gasteiger charge is 2.11. The van der Waals surface area contributed by atoms with Gasteiger partial charge < -0.3 is 10.6 Å². The number of amides is 1. The number of hydrogen-bond donors (Lipinski definition) is 2. The molecule has 0 radical (unpaired) electrons. The maximum Gasteiger partial charge on any atom is 0.243 e. The zero-order chi connectivity index (χ0) is 13.7. The Labute approximate surface area is 116 Å². The monoisotopic (exact) mass is 258 g/mol. The van der Waals surface area contributed by atoms with Crippen molar-refractivity contribution in [2.75, 3.05) is 17.2 Å². The van der Waals surface area contributed by atoms with Crippen molar-refractivity contribution in [1.82, 2.24) is 0 Å². The summed E-state index contributed by atoms with van der Waals surface area (Å²) in [5.41, 5.74) is 4.53. The highest BCUT2D eigenvalue weighted by atomic mass is 16.2. The third kappa shape index (κ3) is 3.85. The molecular weight excluding hydrogens is 236 g/mol. The molecule has 2 aromatic rings. The average Bonchev–Trinajstić information content (AvgIpc) is 2.39. The smallest absolute Gasteiger partial charge is 0.243 e. The average molecular weight is 258 g/mol. The third-order valence-corrected chi connectivity index (χ3v) is 2.81. The Morgan fingerprint density at radius 1 is 0.947 bits per heavy atom. The number of fused-ring (bicyclic) bond motifs is 1. The minimum atomic E-state index is 0. The Hall–Kier alpha value is -2.29. The lowest BCUT2D eigenvalue weighted by molar-refractivity contribution is -0.114. The summed E-state index contributed by atoms with van der Waals surface area (Å²) >= 11 is 0. The van der Waals surface area contributed by atoms with Crippen molar-refractivity contribution >= 4 is 17.3 Å². The van der Waals surface area contributed by atoms with Gasteiger partial charge in [-0.25, -0.2) is 0 Å². The number of benzene rings is 2. The van der Waals surface area contributed by atoms with Crippen molar-refractivity contribution < 1.29 is 7.65 Å². The Morgan fingerprint density at radius 2 is 1.58 bits per heavy atom. The summed E-state index contributed by atoms with van der Waals surface area (Å²) in [5.74, 6) is 0.0173. The molecule has 0 aliphatic carbocycles. The van der Waals surface area contributed by atoms with Crippen LogP contribution in [0.4, 0.5) is 11.4 Å². The number of aryl methyl sites for hydroxylation is 2. The first-order valence-corrected chi connectivity index (χ1v) is 6.31. The first kappa shape index (κ1) is 13.1. The van der Waals surface area contributed by atoms with Crippen LogP contribution in [0.5, 0.6) is 0 Å². The van der Waals surface area contributed by atoms with E-state index < -0.39 is 0 Å². The molecule has 1 aliphatic heterocycles. The lowest BCUT2D eigenvalue weighted by Gasteiger charge is -2.17. The molecule has 19 heavy (non-hydrogen) atoms. The third-order valence-electron chi connectivity index (χ3n) is 2.81. The van der Waals surface area contributed by atoms with Crippen LogP contribution in [-0.2, 0) is 4.79 Å². The summed E-state index contributed by atoms with van der Waals surface area (Å²) < 4.78 is 0. The van der Waals surface area contributed by atoms with Gasteiger partial charge in [0.2, 0.25) is 5.91 Å². The van der Waals surface area contributed by atoms with E-state index in [4.69, 9.17) is 0 Å². The van der Waals surface area contributed by atoms with E-state index >= 15 is 0 Å². The molecule has 0 fully saturated rings.